The zero-order chi connectivity index (χ0) is 12.2. The first-order valence-electron chi connectivity index (χ1n) is 4.58. The Hall–Kier alpha value is -0.570. The van der Waals surface area contributed by atoms with Crippen LogP contribution < -0.4 is 10.5 Å². The van der Waals surface area contributed by atoms with Crippen LogP contribution in [0.2, 0.25) is 0 Å². The molecule has 0 radical (unpaired) electrons. The lowest BCUT2D eigenvalue weighted by molar-refractivity contribution is 0.578. The lowest BCUT2D eigenvalue weighted by atomic mass is 10.3. The second kappa shape index (κ2) is 5.67. The third-order valence-electron chi connectivity index (χ3n) is 2.03. The average molecular weight is 279 g/mol. The van der Waals surface area contributed by atoms with Crippen molar-refractivity contribution in [3.05, 3.63) is 16.6 Å². The molecular formula is C8H13N3O2S3. The van der Waals surface area contributed by atoms with E-state index in [9.17, 15) is 8.42 Å². The summed E-state index contributed by atoms with van der Waals surface area (Å²) in [6.07, 6.45) is 0.562. The van der Waals surface area contributed by atoms with Crippen LogP contribution in [0.5, 0.6) is 0 Å². The Kier molecular flexibility index (Phi) is 4.78. The standard InChI is InChI=1S/C8H13N3O2S3/c1-6(8(9)14)16(12,13)11-3-2-7-4-15-5-10-7/h4-6,11H,2-3H2,1H3,(H2,9,14). The fraction of sp³-hybridized carbons (Fsp3) is 0.500. The number of hydrogen-bond donors (Lipinski definition) is 2. The van der Waals surface area contributed by atoms with Gasteiger partial charge in [-0.3, -0.25) is 0 Å². The van der Waals surface area contributed by atoms with Crippen molar-refractivity contribution in [1.82, 2.24) is 9.71 Å². The molecule has 0 aromatic carbocycles. The first kappa shape index (κ1) is 13.5. The minimum Gasteiger partial charge on any atom is -0.392 e. The van der Waals surface area contributed by atoms with Crippen LogP contribution in [-0.4, -0.2) is 30.2 Å². The normalized spacial score (nSPS) is 13.6. The number of thiocarbonyl (C=S) groups is 1. The van der Waals surface area contributed by atoms with E-state index in [4.69, 9.17) is 5.73 Å². The summed E-state index contributed by atoms with van der Waals surface area (Å²) < 4.78 is 25.7. The molecule has 1 aromatic heterocycles. The van der Waals surface area contributed by atoms with Gasteiger partial charge < -0.3 is 5.73 Å². The van der Waals surface area contributed by atoms with Crippen molar-refractivity contribution < 1.29 is 8.42 Å². The molecule has 1 rings (SSSR count). The first-order chi connectivity index (χ1) is 7.43. The lowest BCUT2D eigenvalue weighted by Gasteiger charge is -2.11. The predicted molar refractivity (Wildman–Crippen MR) is 69.0 cm³/mol. The molecule has 8 heteroatoms. The molecule has 1 atom stereocenters. The van der Waals surface area contributed by atoms with E-state index >= 15 is 0 Å². The molecule has 1 aromatic rings. The third-order valence-corrected chi connectivity index (χ3v) is 4.96. The topological polar surface area (TPSA) is 85.1 Å². The van der Waals surface area contributed by atoms with Crippen molar-refractivity contribution >= 4 is 38.6 Å². The zero-order valence-electron chi connectivity index (χ0n) is 8.71. The molecule has 0 aliphatic rings. The van der Waals surface area contributed by atoms with E-state index in [0.29, 0.717) is 13.0 Å². The number of nitrogens with zero attached hydrogens (tertiary/aromatic N) is 1. The van der Waals surface area contributed by atoms with Gasteiger partial charge in [0.15, 0.2) is 0 Å². The number of sulfonamides is 1. The van der Waals surface area contributed by atoms with Gasteiger partial charge >= 0.3 is 0 Å². The van der Waals surface area contributed by atoms with Gasteiger partial charge in [-0.25, -0.2) is 18.1 Å². The second-order valence-electron chi connectivity index (χ2n) is 3.21. The molecule has 0 aliphatic carbocycles. The smallest absolute Gasteiger partial charge is 0.220 e. The first-order valence-corrected chi connectivity index (χ1v) is 7.48. The molecule has 3 N–H and O–H groups in total. The van der Waals surface area contributed by atoms with Crippen molar-refractivity contribution in [3.8, 4) is 0 Å². The molecule has 0 bridgehead atoms. The number of hydrogen-bond acceptors (Lipinski definition) is 5. The number of rotatable bonds is 6. The molecule has 0 fully saturated rings. The molecule has 0 spiro atoms. The Balaban J connectivity index is 2.46. The van der Waals surface area contributed by atoms with Gasteiger partial charge in [-0.05, 0) is 6.92 Å². The number of aromatic nitrogens is 1. The third kappa shape index (κ3) is 3.78. The maximum atomic E-state index is 11.6. The number of nitrogens with two attached hydrogens (primary N) is 1. The van der Waals surface area contributed by atoms with Crippen LogP contribution in [0.1, 0.15) is 12.6 Å². The number of thiazole rings is 1. The summed E-state index contributed by atoms with van der Waals surface area (Å²) in [6.45, 7) is 1.77. The van der Waals surface area contributed by atoms with Gasteiger partial charge in [-0.15, -0.1) is 11.3 Å². The monoisotopic (exact) mass is 279 g/mol. The summed E-state index contributed by atoms with van der Waals surface area (Å²) in [7, 11) is -3.45. The van der Waals surface area contributed by atoms with Crippen LogP contribution in [0.15, 0.2) is 10.9 Å². The molecule has 0 saturated heterocycles. The Morgan fingerprint density at radius 1 is 1.75 bits per heavy atom. The van der Waals surface area contributed by atoms with Crippen molar-refractivity contribution in [2.75, 3.05) is 6.54 Å². The summed E-state index contributed by atoms with van der Waals surface area (Å²) >= 11 is 6.12. The van der Waals surface area contributed by atoms with Crippen molar-refractivity contribution in [2.24, 2.45) is 5.73 Å². The van der Waals surface area contributed by atoms with E-state index in [1.165, 1.54) is 18.3 Å². The fourth-order valence-corrected chi connectivity index (χ4v) is 2.88. The molecule has 1 unspecified atom stereocenters. The van der Waals surface area contributed by atoms with Crippen molar-refractivity contribution in [1.29, 1.82) is 0 Å². The van der Waals surface area contributed by atoms with E-state index in [0.717, 1.165) is 5.69 Å². The van der Waals surface area contributed by atoms with Gasteiger partial charge in [-0.2, -0.15) is 0 Å². The Labute approximate surface area is 104 Å². The minimum absolute atomic E-state index is 0.0267. The molecule has 0 saturated carbocycles. The van der Waals surface area contributed by atoms with Crippen LogP contribution in [0.4, 0.5) is 0 Å². The Bertz CT molecular complexity index is 441. The minimum atomic E-state index is -3.45. The highest BCUT2D eigenvalue weighted by atomic mass is 32.2. The van der Waals surface area contributed by atoms with Crippen LogP contribution in [0.3, 0.4) is 0 Å². The summed E-state index contributed by atoms with van der Waals surface area (Å²) in [4.78, 5) is 4.02. The van der Waals surface area contributed by atoms with E-state index in [1.807, 2.05) is 5.38 Å². The van der Waals surface area contributed by atoms with Gasteiger partial charge in [0.1, 0.15) is 5.25 Å². The molecular weight excluding hydrogens is 266 g/mol. The molecule has 16 heavy (non-hydrogen) atoms. The molecule has 0 amide bonds. The van der Waals surface area contributed by atoms with Crippen LogP contribution in [0, 0.1) is 0 Å². The summed E-state index contributed by atoms with van der Waals surface area (Å²) in [6, 6.07) is 0. The highest BCUT2D eigenvalue weighted by Gasteiger charge is 2.22. The molecule has 1 heterocycles. The van der Waals surface area contributed by atoms with Gasteiger partial charge in [0.05, 0.1) is 16.2 Å². The largest absolute Gasteiger partial charge is 0.392 e. The fourth-order valence-electron chi connectivity index (χ4n) is 0.960. The lowest BCUT2D eigenvalue weighted by Crippen LogP contribution is -2.40. The van der Waals surface area contributed by atoms with Crippen LogP contribution in [0.25, 0.3) is 0 Å². The zero-order valence-corrected chi connectivity index (χ0v) is 11.2. The summed E-state index contributed by atoms with van der Waals surface area (Å²) in [5.41, 5.74) is 7.87. The van der Waals surface area contributed by atoms with Gasteiger partial charge in [0.2, 0.25) is 10.0 Å². The maximum absolute atomic E-state index is 11.6. The average Bonchev–Trinajstić information content (AvgIpc) is 2.69. The van der Waals surface area contributed by atoms with Crippen molar-refractivity contribution in [3.63, 3.8) is 0 Å². The highest BCUT2D eigenvalue weighted by molar-refractivity contribution is 7.93. The van der Waals surface area contributed by atoms with E-state index in [2.05, 4.69) is 21.9 Å². The highest BCUT2D eigenvalue weighted by Crippen LogP contribution is 2.02. The maximum Gasteiger partial charge on any atom is 0.220 e. The van der Waals surface area contributed by atoms with Gasteiger partial charge in [0, 0.05) is 18.3 Å². The number of nitrogens with one attached hydrogen (secondary N) is 1. The quantitative estimate of drug-likeness (QED) is 0.731. The summed E-state index contributed by atoms with van der Waals surface area (Å²) in [5.74, 6) is 0. The molecule has 0 aliphatic heterocycles. The van der Waals surface area contributed by atoms with E-state index in [1.54, 1.807) is 5.51 Å². The van der Waals surface area contributed by atoms with Gasteiger partial charge in [0.25, 0.3) is 0 Å². The second-order valence-corrected chi connectivity index (χ2v) is 6.49. The molecule has 90 valence electrons. The SMILES string of the molecule is CC(C(N)=S)S(=O)(=O)NCCc1cscn1. The van der Waals surface area contributed by atoms with Crippen LogP contribution in [-0.2, 0) is 16.4 Å². The van der Waals surface area contributed by atoms with Crippen LogP contribution >= 0.6 is 23.6 Å². The van der Waals surface area contributed by atoms with Crippen molar-refractivity contribution in [2.45, 2.75) is 18.6 Å². The van der Waals surface area contributed by atoms with E-state index in [-0.39, 0.29) is 4.99 Å². The Morgan fingerprint density at radius 3 is 2.94 bits per heavy atom. The van der Waals surface area contributed by atoms with Gasteiger partial charge in [-0.1, -0.05) is 12.2 Å². The predicted octanol–water partition coefficient (Wildman–Crippen LogP) is 0.280. The summed E-state index contributed by atoms with van der Waals surface area (Å²) in [5, 5.41) is 1.03. The molecule has 5 nitrogen and oxygen atoms in total. The van der Waals surface area contributed by atoms with E-state index < -0.39 is 15.3 Å². The Morgan fingerprint density at radius 2 is 2.44 bits per heavy atom.